The van der Waals surface area contributed by atoms with Crippen LogP contribution < -0.4 is 42.6 Å². The number of halogens is 6. The number of amides is 6. The lowest BCUT2D eigenvalue weighted by molar-refractivity contribution is -0.135. The summed E-state index contributed by atoms with van der Waals surface area (Å²) in [6.07, 6.45) is 5.74. The maximum absolute atomic E-state index is 14.6. The van der Waals surface area contributed by atoms with Gasteiger partial charge in [-0.2, -0.15) is 0 Å². The highest BCUT2D eigenvalue weighted by Gasteiger charge is 2.41. The van der Waals surface area contributed by atoms with Crippen LogP contribution in [0.1, 0.15) is 232 Å². The number of nitrogens with one attached hydrogen (secondary N) is 4. The fourth-order valence-electron chi connectivity index (χ4n) is 18.5. The Morgan fingerprint density at radius 2 is 0.680 bits per heavy atom. The molecule has 36 heteroatoms. The van der Waals surface area contributed by atoms with Gasteiger partial charge in [0.25, 0.3) is 17.7 Å². The number of fused-ring (bicyclic) bond motifs is 1. The summed E-state index contributed by atoms with van der Waals surface area (Å²) >= 11 is 0. The summed E-state index contributed by atoms with van der Waals surface area (Å²) in [7, 11) is -8.78. The van der Waals surface area contributed by atoms with Crippen LogP contribution in [0.2, 0.25) is 0 Å². The number of nitrogens with zero attached hydrogens (tertiary/aromatic N) is 3. The molecular weight excluding hydrogens is 1990 g/mol. The molecule has 27 nitrogen and oxygen atoms in total. The Bertz CT molecular complexity index is 6410. The Hall–Kier alpha value is -11.9. The van der Waals surface area contributed by atoms with Crippen molar-refractivity contribution < 1.29 is 105 Å². The molecule has 150 heavy (non-hydrogen) atoms. The highest BCUT2D eigenvalue weighted by molar-refractivity contribution is 7.92. The van der Waals surface area contributed by atoms with Crippen molar-refractivity contribution in [2.45, 2.75) is 282 Å². The molecule has 0 radical (unpaired) electrons. The summed E-state index contributed by atoms with van der Waals surface area (Å²) in [5.74, 6) is -10.0. The van der Waals surface area contributed by atoms with Crippen molar-refractivity contribution in [3.63, 3.8) is 0 Å². The van der Waals surface area contributed by atoms with E-state index in [1.54, 1.807) is 74.6 Å². The Morgan fingerprint density at radius 1 is 0.360 bits per heavy atom. The molecule has 0 spiro atoms. The molecule has 0 aliphatic heterocycles. The van der Waals surface area contributed by atoms with Gasteiger partial charge >= 0.3 is 0 Å². The third-order valence-electron chi connectivity index (χ3n) is 26.5. The number of carbonyl (C=O) groups is 6. The second kappa shape index (κ2) is 59.8. The number of methoxy groups -OCH3 is 2. The van der Waals surface area contributed by atoms with Gasteiger partial charge in [0.2, 0.25) is 17.7 Å². The van der Waals surface area contributed by atoms with E-state index < -0.39 is 187 Å². The highest BCUT2D eigenvalue weighted by atomic mass is 32.2. The zero-order valence-electron chi connectivity index (χ0n) is 88.1. The number of H-pyrrole nitrogens is 1. The molecule has 1 aromatic heterocycles. The van der Waals surface area contributed by atoms with E-state index in [4.69, 9.17) is 26.7 Å². The number of hydrogen-bond acceptors (Lipinski definition) is 20. The molecule has 818 valence electrons. The molecule has 0 saturated heterocycles. The van der Waals surface area contributed by atoms with Crippen molar-refractivity contribution in [2.24, 2.45) is 17.2 Å². The monoisotopic (exact) mass is 2140 g/mol. The van der Waals surface area contributed by atoms with E-state index in [0.29, 0.717) is 111 Å². The van der Waals surface area contributed by atoms with Crippen molar-refractivity contribution in [1.82, 2.24) is 35.6 Å². The zero-order valence-corrected chi connectivity index (χ0v) is 90.6. The molecule has 0 saturated carbocycles. The Balaban J connectivity index is 0.000000274. The van der Waals surface area contributed by atoms with Gasteiger partial charge in [0, 0.05) is 104 Å². The largest absolute Gasteiger partial charge is 0.493 e. The summed E-state index contributed by atoms with van der Waals surface area (Å²) in [6.45, 7) is 19.7. The normalized spacial score (nSPS) is 13.5. The number of rotatable bonds is 56. The summed E-state index contributed by atoms with van der Waals surface area (Å²) in [6, 6.07) is 40.5. The van der Waals surface area contributed by atoms with Crippen molar-refractivity contribution in [1.29, 1.82) is 0 Å². The van der Waals surface area contributed by atoms with Crippen LogP contribution in [0, 0.1) is 48.8 Å². The average Bonchev–Trinajstić information content (AvgIpc) is 1.25. The summed E-state index contributed by atoms with van der Waals surface area (Å²) in [5.41, 5.74) is 27.4. The maximum Gasteiger partial charge on any atom is 0.252 e. The topological polar surface area (TPSA) is 424 Å². The number of aromatic amines is 1. The highest BCUT2D eigenvalue weighted by Crippen LogP contribution is 2.34. The van der Waals surface area contributed by atoms with Gasteiger partial charge in [-0.15, -0.1) is 0 Å². The molecule has 0 aliphatic carbocycles. The fraction of sp³-hybridized carbons (Fsp3) is 0.456. The van der Waals surface area contributed by atoms with E-state index in [0.717, 1.165) is 107 Å². The lowest BCUT2D eigenvalue weighted by Crippen LogP contribution is -2.55. The number of carbonyl (C=O) groups excluding carboxylic acids is 6. The molecule has 9 aromatic carbocycles. The average molecular weight is 2140 g/mol. The van der Waals surface area contributed by atoms with Crippen LogP contribution >= 0.6 is 0 Å². The molecule has 10 rings (SSSR count). The zero-order chi connectivity index (χ0) is 110. The minimum Gasteiger partial charge on any atom is -0.493 e. The third-order valence-corrected chi connectivity index (χ3v) is 33.3. The second-order valence-electron chi connectivity index (χ2n) is 38.6. The standard InChI is InChI=1S/C39H53F2N3O7S.C38H48F2N4O5S.C37H49F2N3O5S/c1-7-11-32(12-8-2)52(48,49)24-34(43-38(46)29-15-25(4)37(51-6)36(20-29)50-5)39(47)44(22-27-14-10-13-26(9-3)16-27)23-35(45)33(42)19-28-17-30(40)21-31(41)18-28;1-4-8-32(9-5-2)50(48,49)24-35(43-37(46)29-13-12-28-14-15-42-34(28)20-29)38(47)44(22-26-11-7-10-25(6-3)16-26)23-36(45)33(41)19-27-17-30(39)21-31(40)18-27;1-5-11-31(12-6-2)48(46,47)24-34(41-36(44)32-16-9-8-13-25(32)4)37(45)42(22-27-15-10-14-26(7-3)17-27)23-35(43)33(40)20-28-18-29(38)21-30(39)19-28/h10,13-18,20-21,32-35,45H,7-9,11-12,19,22-24,42H2,1-6H3,(H,43,46);7,10-18,20-21,32-33,35-36,42,45H,4-6,8-9,19,22-24,41H2,1-3H3,(H,43,46);8-10,13-19,21,31,33-35,43H,5-7,11-12,20,22-24,40H2,1-4H3,(H,41,44)/t33-,34?,35+;33-,35?,36+;33-,34?,35+/m000/s1. The van der Waals surface area contributed by atoms with Gasteiger partial charge in [-0.25, -0.2) is 51.6 Å². The van der Waals surface area contributed by atoms with E-state index in [9.17, 15) is 95.7 Å². The van der Waals surface area contributed by atoms with Crippen LogP contribution in [0.4, 0.5) is 26.3 Å². The number of benzene rings is 9. The summed E-state index contributed by atoms with van der Waals surface area (Å²) < 4.78 is 177. The van der Waals surface area contributed by atoms with E-state index in [1.165, 1.54) is 35.0 Å². The van der Waals surface area contributed by atoms with Crippen molar-refractivity contribution in [3.05, 3.63) is 307 Å². The molecule has 13 N–H and O–H groups in total. The number of aromatic nitrogens is 1. The molecule has 0 bridgehead atoms. The van der Waals surface area contributed by atoms with Gasteiger partial charge in [0.1, 0.15) is 53.0 Å². The number of hydrogen-bond donors (Lipinski definition) is 10. The fourth-order valence-corrected chi connectivity index (χ4v) is 24.9. The lowest BCUT2D eigenvalue weighted by atomic mass is 10.0. The van der Waals surface area contributed by atoms with Crippen LogP contribution in [0.15, 0.2) is 194 Å². The molecule has 3 unspecified atom stereocenters. The molecule has 1 heterocycles. The SMILES string of the molecule is CCCC(CCC)S(=O)(=O)CC(NC(=O)c1cc(C)c(OC)c(OC)c1)C(=O)N(Cc1cccc(CC)c1)C[C@@H](O)[C@@H](N)Cc1cc(F)cc(F)c1.CCCC(CCC)S(=O)(=O)CC(NC(=O)c1ccc2cc[nH]c2c1)C(=O)N(Cc1cccc(CC)c1)C[C@@H](O)[C@@H](N)Cc1cc(F)cc(F)c1.CCCC(CCC)S(=O)(=O)CC(NC(=O)c1ccccc1C)C(=O)N(Cc1cccc(CC)c1)C[C@@H](O)[C@@H](N)Cc1cc(F)cc(F)c1. The second-order valence-corrected chi connectivity index (χ2v) is 45.6. The number of sulfone groups is 3. The number of aliphatic hydroxyl groups excluding tert-OH is 3. The number of aryl methyl sites for hydroxylation is 5. The quantitative estimate of drug-likeness (QED) is 0.0158. The third kappa shape index (κ3) is 37.6. The first-order valence-electron chi connectivity index (χ1n) is 51.4. The van der Waals surface area contributed by atoms with E-state index >= 15 is 0 Å². The first-order chi connectivity index (χ1) is 71.2. The van der Waals surface area contributed by atoms with Crippen LogP contribution in [0.25, 0.3) is 10.9 Å². The van der Waals surface area contributed by atoms with Crippen LogP contribution in [0.5, 0.6) is 11.5 Å². The number of nitrogens with two attached hydrogens (primary N) is 3. The van der Waals surface area contributed by atoms with Crippen LogP contribution in [-0.4, -0.2) is 217 Å². The van der Waals surface area contributed by atoms with E-state index in [2.05, 4.69) is 20.9 Å². The van der Waals surface area contributed by atoms with Gasteiger partial charge in [-0.3, -0.25) is 28.8 Å². The Kier molecular flexibility index (Phi) is 49.2. The molecule has 0 fully saturated rings. The predicted molar refractivity (Wildman–Crippen MR) is 576 cm³/mol. The van der Waals surface area contributed by atoms with Crippen molar-refractivity contribution in [3.8, 4) is 11.5 Å². The molecule has 10 aromatic rings. The maximum atomic E-state index is 14.6. The first kappa shape index (κ1) is 123. The Morgan fingerprint density at radius 3 is 0.993 bits per heavy atom. The number of ether oxygens (including phenoxy) is 2. The minimum absolute atomic E-state index is 0.00478. The number of aliphatic hydroxyl groups is 3. The molecule has 9 atom stereocenters. The van der Waals surface area contributed by atoms with Gasteiger partial charge < -0.3 is 77.6 Å². The van der Waals surface area contributed by atoms with Gasteiger partial charge in [-0.1, -0.05) is 198 Å². The van der Waals surface area contributed by atoms with Crippen molar-refractivity contribution >= 4 is 75.9 Å². The summed E-state index contributed by atoms with van der Waals surface area (Å²) in [4.78, 5) is 91.6. The lowest BCUT2D eigenvalue weighted by Gasteiger charge is -2.32. The van der Waals surface area contributed by atoms with E-state index in [-0.39, 0.29) is 92.1 Å². The van der Waals surface area contributed by atoms with Crippen LogP contribution in [-0.2, 0) is 102 Å². The predicted octanol–water partition coefficient (Wildman–Crippen LogP) is 16.0. The van der Waals surface area contributed by atoms with Gasteiger partial charge in [-0.05, 0) is 230 Å². The first-order valence-corrected chi connectivity index (χ1v) is 56.6. The van der Waals surface area contributed by atoms with Gasteiger partial charge in [0.15, 0.2) is 41.0 Å². The Labute approximate surface area is 879 Å². The smallest absolute Gasteiger partial charge is 0.252 e. The molecule has 0 aliphatic rings. The molecular formula is C114H150F6N10O17S3. The van der Waals surface area contributed by atoms with Crippen molar-refractivity contribution in [2.75, 3.05) is 51.1 Å². The van der Waals surface area contributed by atoms with E-state index in [1.807, 2.05) is 135 Å². The minimum atomic E-state index is -3.93. The van der Waals surface area contributed by atoms with Gasteiger partial charge in [0.05, 0.1) is 65.5 Å². The van der Waals surface area contributed by atoms with Crippen LogP contribution in [0.3, 0.4) is 0 Å². The molecule has 6 amide bonds. The summed E-state index contributed by atoms with van der Waals surface area (Å²) in [5, 5.41) is 40.7.